The molecular formula is C19H17FO. The van der Waals surface area contributed by atoms with Crippen LogP contribution < -0.4 is 0 Å². The summed E-state index contributed by atoms with van der Waals surface area (Å²) in [7, 11) is 0. The van der Waals surface area contributed by atoms with E-state index >= 15 is 0 Å². The minimum absolute atomic E-state index is 0.328. The molecule has 0 fully saturated rings. The summed E-state index contributed by atoms with van der Waals surface area (Å²) >= 11 is 0. The van der Waals surface area contributed by atoms with Gasteiger partial charge in [0.2, 0.25) is 0 Å². The van der Waals surface area contributed by atoms with Crippen LogP contribution in [0.4, 0.5) is 4.39 Å². The molecule has 0 saturated carbocycles. The Morgan fingerprint density at radius 2 is 1.71 bits per heavy atom. The van der Waals surface area contributed by atoms with Gasteiger partial charge in [-0.15, -0.1) is 0 Å². The highest BCUT2D eigenvalue weighted by Crippen LogP contribution is 2.33. The first-order chi connectivity index (χ1) is 10.1. The van der Waals surface area contributed by atoms with E-state index in [2.05, 4.69) is 0 Å². The van der Waals surface area contributed by atoms with Crippen molar-refractivity contribution in [2.45, 2.75) is 20.0 Å². The molecule has 0 bridgehead atoms. The molecule has 106 valence electrons. The fourth-order valence-corrected chi connectivity index (χ4v) is 2.80. The molecule has 1 N–H and O–H groups in total. The van der Waals surface area contributed by atoms with Crippen molar-refractivity contribution in [2.24, 2.45) is 0 Å². The normalized spacial score (nSPS) is 12.6. The average Bonchev–Trinajstić information content (AvgIpc) is 2.49. The van der Waals surface area contributed by atoms with E-state index < -0.39 is 6.10 Å². The van der Waals surface area contributed by atoms with Crippen LogP contribution in [0.1, 0.15) is 28.4 Å². The Balaban J connectivity index is 2.24. The molecule has 0 aromatic heterocycles. The van der Waals surface area contributed by atoms with Crippen molar-refractivity contribution in [1.29, 1.82) is 0 Å². The molecule has 3 rings (SSSR count). The Hall–Kier alpha value is -2.19. The summed E-state index contributed by atoms with van der Waals surface area (Å²) in [6, 6.07) is 16.7. The largest absolute Gasteiger partial charge is 0.384 e. The Morgan fingerprint density at radius 1 is 0.952 bits per heavy atom. The zero-order valence-corrected chi connectivity index (χ0v) is 12.1. The molecule has 1 nitrogen and oxygen atoms in total. The van der Waals surface area contributed by atoms with Gasteiger partial charge in [-0.05, 0) is 41.8 Å². The first-order valence-corrected chi connectivity index (χ1v) is 7.00. The number of rotatable bonds is 2. The molecule has 3 aromatic carbocycles. The number of aliphatic hydroxyl groups excluding tert-OH is 1. The lowest BCUT2D eigenvalue weighted by molar-refractivity contribution is 0.215. The molecule has 0 aliphatic heterocycles. The Bertz CT molecular complexity index is 808. The predicted octanol–water partition coefficient (Wildman–Crippen LogP) is 4.68. The van der Waals surface area contributed by atoms with Crippen LogP contribution >= 0.6 is 0 Å². The van der Waals surface area contributed by atoms with E-state index in [9.17, 15) is 9.50 Å². The van der Waals surface area contributed by atoms with Crippen LogP contribution in [0, 0.1) is 19.7 Å². The van der Waals surface area contributed by atoms with Crippen LogP contribution in [0.2, 0.25) is 0 Å². The molecule has 1 unspecified atom stereocenters. The summed E-state index contributed by atoms with van der Waals surface area (Å²) in [5, 5.41) is 12.7. The number of aliphatic hydroxyl groups is 1. The van der Waals surface area contributed by atoms with E-state index in [4.69, 9.17) is 0 Å². The van der Waals surface area contributed by atoms with Gasteiger partial charge >= 0.3 is 0 Å². The van der Waals surface area contributed by atoms with Gasteiger partial charge in [-0.25, -0.2) is 4.39 Å². The van der Waals surface area contributed by atoms with Gasteiger partial charge in [0.05, 0.1) is 0 Å². The number of benzene rings is 3. The number of hydrogen-bond donors (Lipinski definition) is 1. The van der Waals surface area contributed by atoms with Crippen molar-refractivity contribution in [3.63, 3.8) is 0 Å². The Morgan fingerprint density at radius 3 is 2.52 bits per heavy atom. The zero-order valence-electron chi connectivity index (χ0n) is 12.1. The highest BCUT2D eigenvalue weighted by Gasteiger charge is 2.19. The van der Waals surface area contributed by atoms with Crippen LogP contribution in [0.25, 0.3) is 10.8 Å². The molecule has 1 atom stereocenters. The first kappa shape index (κ1) is 13.8. The van der Waals surface area contributed by atoms with Gasteiger partial charge in [0, 0.05) is 5.56 Å². The minimum atomic E-state index is -0.962. The van der Waals surface area contributed by atoms with E-state index in [1.807, 2.05) is 50.2 Å². The Labute approximate surface area is 123 Å². The average molecular weight is 280 g/mol. The third-order valence-electron chi connectivity index (χ3n) is 3.91. The molecule has 0 spiro atoms. The van der Waals surface area contributed by atoms with Crippen LogP contribution in [0.3, 0.4) is 0 Å². The van der Waals surface area contributed by atoms with Crippen molar-refractivity contribution in [1.82, 2.24) is 0 Å². The predicted molar refractivity (Wildman–Crippen MR) is 83.9 cm³/mol. The van der Waals surface area contributed by atoms with Gasteiger partial charge in [-0.1, -0.05) is 54.1 Å². The molecule has 21 heavy (non-hydrogen) atoms. The summed E-state index contributed by atoms with van der Waals surface area (Å²) in [6.07, 6.45) is -0.962. The number of aryl methyl sites for hydroxylation is 2. The van der Waals surface area contributed by atoms with Gasteiger partial charge in [-0.3, -0.25) is 0 Å². The standard InChI is InChI=1S/C19H17FO/c1-12-7-10-17(20)16(11-12)19(21)18-13(2)8-9-14-5-3-4-6-15(14)18/h3-11,19,21H,1-2H3. The second-order valence-electron chi connectivity index (χ2n) is 5.44. The lowest BCUT2D eigenvalue weighted by atomic mass is 9.91. The lowest BCUT2D eigenvalue weighted by Gasteiger charge is -2.18. The van der Waals surface area contributed by atoms with Crippen LogP contribution in [-0.4, -0.2) is 5.11 Å². The van der Waals surface area contributed by atoms with Crippen molar-refractivity contribution >= 4 is 10.8 Å². The topological polar surface area (TPSA) is 20.2 Å². The van der Waals surface area contributed by atoms with Crippen molar-refractivity contribution in [2.75, 3.05) is 0 Å². The lowest BCUT2D eigenvalue weighted by Crippen LogP contribution is -2.06. The fraction of sp³-hybridized carbons (Fsp3) is 0.158. The summed E-state index contributed by atoms with van der Waals surface area (Å²) in [5.41, 5.74) is 3.00. The number of halogens is 1. The van der Waals surface area contributed by atoms with E-state index in [0.717, 1.165) is 27.5 Å². The van der Waals surface area contributed by atoms with Crippen LogP contribution in [0.5, 0.6) is 0 Å². The van der Waals surface area contributed by atoms with Gasteiger partial charge in [-0.2, -0.15) is 0 Å². The highest BCUT2D eigenvalue weighted by molar-refractivity contribution is 5.87. The van der Waals surface area contributed by atoms with Crippen molar-refractivity contribution in [3.05, 3.63) is 82.7 Å². The van der Waals surface area contributed by atoms with E-state index in [-0.39, 0.29) is 5.82 Å². The zero-order chi connectivity index (χ0) is 15.0. The summed E-state index contributed by atoms with van der Waals surface area (Å²) < 4.78 is 14.1. The van der Waals surface area contributed by atoms with E-state index in [0.29, 0.717) is 5.56 Å². The smallest absolute Gasteiger partial charge is 0.129 e. The first-order valence-electron chi connectivity index (χ1n) is 7.00. The summed E-state index contributed by atoms with van der Waals surface area (Å²) in [5.74, 6) is -0.375. The van der Waals surface area contributed by atoms with Gasteiger partial charge < -0.3 is 5.11 Å². The molecule has 2 heteroatoms. The summed E-state index contributed by atoms with van der Waals surface area (Å²) in [4.78, 5) is 0. The monoisotopic (exact) mass is 280 g/mol. The van der Waals surface area contributed by atoms with Crippen molar-refractivity contribution < 1.29 is 9.50 Å². The SMILES string of the molecule is Cc1ccc(F)c(C(O)c2c(C)ccc3ccccc23)c1. The molecule has 3 aromatic rings. The molecule has 0 radical (unpaired) electrons. The highest BCUT2D eigenvalue weighted by atomic mass is 19.1. The van der Waals surface area contributed by atoms with Gasteiger partial charge in [0.25, 0.3) is 0 Å². The van der Waals surface area contributed by atoms with Gasteiger partial charge in [0.15, 0.2) is 0 Å². The molecular weight excluding hydrogens is 263 g/mol. The maximum absolute atomic E-state index is 14.1. The molecule has 0 aliphatic carbocycles. The fourth-order valence-electron chi connectivity index (χ4n) is 2.80. The third-order valence-corrected chi connectivity index (χ3v) is 3.91. The molecule has 0 heterocycles. The minimum Gasteiger partial charge on any atom is -0.384 e. The van der Waals surface area contributed by atoms with Crippen molar-refractivity contribution in [3.8, 4) is 0 Å². The Kier molecular flexibility index (Phi) is 3.48. The second kappa shape index (κ2) is 5.30. The molecule has 0 amide bonds. The quantitative estimate of drug-likeness (QED) is 0.722. The maximum Gasteiger partial charge on any atom is 0.129 e. The maximum atomic E-state index is 14.1. The van der Waals surface area contributed by atoms with Crippen LogP contribution in [0.15, 0.2) is 54.6 Å². The number of fused-ring (bicyclic) bond motifs is 1. The molecule has 0 aliphatic rings. The second-order valence-corrected chi connectivity index (χ2v) is 5.44. The molecule has 0 saturated heterocycles. The van der Waals surface area contributed by atoms with Crippen LogP contribution in [-0.2, 0) is 0 Å². The van der Waals surface area contributed by atoms with E-state index in [1.54, 1.807) is 12.1 Å². The third kappa shape index (κ3) is 2.43. The summed E-state index contributed by atoms with van der Waals surface area (Å²) in [6.45, 7) is 3.84. The van der Waals surface area contributed by atoms with E-state index in [1.165, 1.54) is 6.07 Å². The number of hydrogen-bond acceptors (Lipinski definition) is 1. The van der Waals surface area contributed by atoms with Gasteiger partial charge in [0.1, 0.15) is 11.9 Å².